The second-order valence-electron chi connectivity index (χ2n) is 0.708. The maximum Gasteiger partial charge on any atom is 0.236 e. The van der Waals surface area contributed by atoms with Crippen molar-refractivity contribution in [3.05, 3.63) is 16.0 Å². The van der Waals surface area contributed by atoms with Crippen LogP contribution in [0.3, 0.4) is 0 Å². The fourth-order valence-electron chi connectivity index (χ4n) is 0.149. The van der Waals surface area contributed by atoms with Crippen LogP contribution in [-0.4, -0.2) is 6.34 Å². The van der Waals surface area contributed by atoms with E-state index in [1.54, 1.807) is 0 Å². The summed E-state index contributed by atoms with van der Waals surface area (Å²) in [6, 6.07) is 0. The third-order valence-corrected chi connectivity index (χ3v) is 0.303. The normalized spacial score (nSPS) is 12.0. The van der Waals surface area contributed by atoms with Gasteiger partial charge in [-0.1, -0.05) is 5.10 Å². The van der Waals surface area contributed by atoms with E-state index in [9.17, 15) is 0 Å². The fraction of sp³-hybridized carbons (Fsp3) is 0. The van der Waals surface area contributed by atoms with E-state index in [1.165, 1.54) is 16.7 Å². The van der Waals surface area contributed by atoms with Gasteiger partial charge < -0.3 is 11.1 Å². The molecule has 1 aliphatic heterocycles. The standard InChI is InChI=1S/CH2N4.N3/c1-2-4-5-3-1;1-3-2/h1H,(H,2,3,4,5);/q;-1/p+1. The lowest BCUT2D eigenvalue weighted by Crippen LogP contribution is -2.74. The summed E-state index contributed by atoms with van der Waals surface area (Å²) < 4.78 is 0. The van der Waals surface area contributed by atoms with Crippen molar-refractivity contribution in [3.8, 4) is 0 Å². The van der Waals surface area contributed by atoms with Gasteiger partial charge >= 0.3 is 0 Å². The molecule has 1 heterocycles. The van der Waals surface area contributed by atoms with Crippen LogP contribution in [0.2, 0.25) is 0 Å². The van der Waals surface area contributed by atoms with E-state index in [2.05, 4.69) is 15.5 Å². The summed E-state index contributed by atoms with van der Waals surface area (Å²) in [7, 11) is 0. The summed E-state index contributed by atoms with van der Waals surface area (Å²) in [5.41, 5.74) is 15.0. The summed E-state index contributed by atoms with van der Waals surface area (Å²) in [4.78, 5) is 1.50. The van der Waals surface area contributed by atoms with E-state index in [4.69, 9.17) is 11.1 Å². The Morgan fingerprint density at radius 3 is 2.25 bits per heavy atom. The van der Waals surface area contributed by atoms with Crippen LogP contribution >= 0.6 is 0 Å². The first kappa shape index (κ1) is 6.54. The van der Waals surface area contributed by atoms with Gasteiger partial charge in [0.15, 0.2) is 0 Å². The molecule has 0 saturated heterocycles. The summed E-state index contributed by atoms with van der Waals surface area (Å²) in [6.45, 7) is 0. The van der Waals surface area contributed by atoms with Gasteiger partial charge in [0.05, 0.1) is 5.22 Å². The zero-order valence-corrected chi connectivity index (χ0v) is 3.84. The van der Waals surface area contributed by atoms with Crippen LogP contribution in [0.15, 0.2) is 15.5 Å². The molecule has 0 aromatic rings. The van der Waals surface area contributed by atoms with Gasteiger partial charge in [0.1, 0.15) is 0 Å². The zero-order valence-electron chi connectivity index (χ0n) is 3.84. The first-order valence-electron chi connectivity index (χ1n) is 1.65. The van der Waals surface area contributed by atoms with E-state index >= 15 is 0 Å². The molecule has 2 N–H and O–H groups in total. The van der Waals surface area contributed by atoms with Crippen molar-refractivity contribution in [1.29, 1.82) is 0 Å². The molecule has 0 amide bonds. The second kappa shape index (κ2) is 5.54. The Kier molecular flexibility index (Phi) is 4.53. The van der Waals surface area contributed by atoms with Crippen molar-refractivity contribution >= 4 is 6.34 Å². The van der Waals surface area contributed by atoms with E-state index < -0.39 is 0 Å². The summed E-state index contributed by atoms with van der Waals surface area (Å²) >= 11 is 0. The summed E-state index contributed by atoms with van der Waals surface area (Å²) in [6.07, 6.45) is 1.53. The van der Waals surface area contributed by atoms with Gasteiger partial charge in [-0.05, 0) is 0 Å². The lowest BCUT2D eigenvalue weighted by atomic mass is 11.4. The molecule has 42 valence electrons. The maximum atomic E-state index is 6.75. The Balaban J connectivity index is 0.000000145. The van der Waals surface area contributed by atoms with Gasteiger partial charge in [0.2, 0.25) is 6.34 Å². The van der Waals surface area contributed by atoms with Gasteiger partial charge in [-0.2, -0.15) is 5.43 Å². The van der Waals surface area contributed by atoms with E-state index in [0.717, 1.165) is 0 Å². The highest BCUT2D eigenvalue weighted by atomic mass is 15.6. The fourth-order valence-corrected chi connectivity index (χ4v) is 0.149. The van der Waals surface area contributed by atoms with Crippen LogP contribution in [0.5, 0.6) is 0 Å². The first-order chi connectivity index (χ1) is 3.91. The molecule has 0 fully saturated rings. The van der Waals surface area contributed by atoms with Gasteiger partial charge in [-0.25, -0.2) is 0 Å². The molecule has 1 rings (SSSR count). The largest absolute Gasteiger partial charge is 0.373 e. The predicted molar refractivity (Wildman–Crippen MR) is 25.4 cm³/mol. The molecule has 7 heteroatoms. The van der Waals surface area contributed by atoms with Gasteiger partial charge in [0.25, 0.3) is 0 Å². The quantitative estimate of drug-likeness (QED) is 0.193. The Hall–Kier alpha value is -1.46. The summed E-state index contributed by atoms with van der Waals surface area (Å²) in [5.74, 6) is 0. The molecule has 0 unspecified atom stereocenters. The molecule has 0 radical (unpaired) electrons. The molecule has 0 saturated carbocycles. The van der Waals surface area contributed by atoms with Crippen LogP contribution < -0.4 is 5.43 Å². The van der Waals surface area contributed by atoms with E-state index in [0.29, 0.717) is 0 Å². The Bertz CT molecular complexity index is 115. The monoisotopic (exact) mass is 113 g/mol. The summed E-state index contributed by atoms with van der Waals surface area (Å²) in [5, 5.41) is 9.94. The molecule has 7 nitrogen and oxygen atoms in total. The smallest absolute Gasteiger partial charge is 0.236 e. The van der Waals surface area contributed by atoms with Crippen LogP contribution in [0.1, 0.15) is 0 Å². The molecule has 0 aliphatic carbocycles. The Labute approximate surface area is 44.5 Å². The number of quaternary nitrogens is 1. The van der Waals surface area contributed by atoms with Crippen LogP contribution in [-0.2, 0) is 0 Å². The predicted octanol–water partition coefficient (Wildman–Crippen LogP) is -0.260. The van der Waals surface area contributed by atoms with Crippen molar-refractivity contribution in [2.45, 2.75) is 0 Å². The molecule has 0 bridgehead atoms. The number of nitrogens with zero attached hydrogens (tertiary/aromatic N) is 6. The molecule has 0 atom stereocenters. The third kappa shape index (κ3) is 4.54. The van der Waals surface area contributed by atoms with Crippen LogP contribution in [0.4, 0.5) is 0 Å². The van der Waals surface area contributed by atoms with Crippen molar-refractivity contribution in [2.75, 3.05) is 0 Å². The SMILES string of the molecule is C1=NN=N[NH2+]1.[N-]=[N+]=[N-]. The lowest BCUT2D eigenvalue weighted by molar-refractivity contribution is -0.538. The number of hydrogen-bond donors (Lipinski definition) is 1. The average molecular weight is 113 g/mol. The highest BCUT2D eigenvalue weighted by molar-refractivity contribution is 5.41. The highest BCUT2D eigenvalue weighted by Crippen LogP contribution is 1.64. The number of nitrogens with two attached hydrogens (primary N) is 1. The minimum absolute atomic E-state index is 1.50. The number of hydrogen-bond acceptors (Lipinski definition) is 3. The lowest BCUT2D eigenvalue weighted by Gasteiger charge is -1.52. The van der Waals surface area contributed by atoms with Gasteiger partial charge in [0, 0.05) is 5.22 Å². The van der Waals surface area contributed by atoms with Gasteiger partial charge in [-0.3, -0.25) is 4.91 Å². The molecule has 0 spiro atoms. The molecule has 0 aromatic carbocycles. The maximum absolute atomic E-state index is 6.75. The first-order valence-corrected chi connectivity index (χ1v) is 1.65. The topological polar surface area (TPSA) is 112 Å². The average Bonchev–Trinajstić information content (AvgIpc) is 2.17. The van der Waals surface area contributed by atoms with Crippen molar-refractivity contribution in [2.24, 2.45) is 15.5 Å². The molecule has 1 aliphatic rings. The highest BCUT2D eigenvalue weighted by Gasteiger charge is 1.79. The third-order valence-electron chi connectivity index (χ3n) is 0.303. The molecule has 0 aromatic heterocycles. The minimum atomic E-state index is 1.50. The zero-order chi connectivity index (χ0) is 6.24. The molecular weight excluding hydrogens is 110 g/mol. The minimum Gasteiger partial charge on any atom is -0.373 e. The van der Waals surface area contributed by atoms with Crippen molar-refractivity contribution in [3.63, 3.8) is 0 Å². The van der Waals surface area contributed by atoms with E-state index in [1.807, 2.05) is 0 Å². The van der Waals surface area contributed by atoms with Crippen molar-refractivity contribution < 1.29 is 5.43 Å². The van der Waals surface area contributed by atoms with E-state index in [-0.39, 0.29) is 0 Å². The van der Waals surface area contributed by atoms with Crippen LogP contribution in [0.25, 0.3) is 16.0 Å². The number of rotatable bonds is 0. The van der Waals surface area contributed by atoms with Crippen LogP contribution in [0, 0.1) is 0 Å². The van der Waals surface area contributed by atoms with Crippen molar-refractivity contribution in [1.82, 2.24) is 0 Å². The van der Waals surface area contributed by atoms with Gasteiger partial charge in [-0.15, -0.1) is 0 Å². The Morgan fingerprint density at radius 1 is 1.50 bits per heavy atom. The molecule has 8 heavy (non-hydrogen) atoms. The second-order valence-corrected chi connectivity index (χ2v) is 0.708. The molecular formula is CH3N7. The Morgan fingerprint density at radius 2 is 2.12 bits per heavy atom.